The minimum absolute atomic E-state index is 0.120. The first-order valence-corrected chi connectivity index (χ1v) is 11.1. The summed E-state index contributed by atoms with van der Waals surface area (Å²) < 4.78 is 26.2. The Hall–Kier alpha value is -1.71. The summed E-state index contributed by atoms with van der Waals surface area (Å²) in [5.41, 5.74) is 1.01. The Bertz CT molecular complexity index is 716. The Morgan fingerprint density at radius 2 is 1.89 bits per heavy atom. The van der Waals surface area contributed by atoms with E-state index in [1.54, 1.807) is 12.1 Å². The van der Waals surface area contributed by atoms with Gasteiger partial charge in [0.1, 0.15) is 0 Å². The van der Waals surface area contributed by atoms with Crippen LogP contribution < -0.4 is 9.62 Å². The normalized spacial score (nSPS) is 16.0. The molecule has 0 bridgehead atoms. The number of non-ortho nitro benzene ring substituents is 1. The van der Waals surface area contributed by atoms with Crippen LogP contribution in [0.4, 0.5) is 11.4 Å². The van der Waals surface area contributed by atoms with Crippen LogP contribution in [0.5, 0.6) is 0 Å². The lowest BCUT2D eigenvalue weighted by Crippen LogP contribution is -2.46. The quantitative estimate of drug-likeness (QED) is 0.368. The molecule has 0 aromatic heterocycles. The maximum Gasteiger partial charge on any atom is 0.271 e. The first-order valence-electron chi connectivity index (χ1n) is 9.46. The van der Waals surface area contributed by atoms with Crippen molar-refractivity contribution in [1.29, 1.82) is 0 Å². The third-order valence-corrected chi connectivity index (χ3v) is 6.30. The van der Waals surface area contributed by atoms with Gasteiger partial charge in [-0.1, -0.05) is 19.9 Å². The molecule has 9 heteroatoms. The number of hydrogen-bond donors (Lipinski definition) is 1. The SMILES string of the molecule is CC(C)CS(=O)(=O)NCCCCN1CCN(c2cccc([N+](=O)[O-])c2)CC1. The summed E-state index contributed by atoms with van der Waals surface area (Å²) in [7, 11) is -3.15. The number of sulfonamides is 1. The standard InChI is InChI=1S/C18H30N4O4S/c1-16(2)15-27(25,26)19-8-3-4-9-20-10-12-21(13-11-20)17-6-5-7-18(14-17)22(23)24/h5-7,14,16,19H,3-4,8-13,15H2,1-2H3. The van der Waals surface area contributed by atoms with Crippen molar-refractivity contribution in [1.82, 2.24) is 9.62 Å². The van der Waals surface area contributed by atoms with Crippen LogP contribution in [0.2, 0.25) is 0 Å². The molecule has 1 fully saturated rings. The lowest BCUT2D eigenvalue weighted by Gasteiger charge is -2.36. The number of nitro benzene ring substituents is 1. The molecule has 0 spiro atoms. The fourth-order valence-electron chi connectivity index (χ4n) is 3.22. The highest BCUT2D eigenvalue weighted by molar-refractivity contribution is 7.89. The predicted molar refractivity (Wildman–Crippen MR) is 108 cm³/mol. The zero-order valence-electron chi connectivity index (χ0n) is 16.1. The van der Waals surface area contributed by atoms with Gasteiger partial charge < -0.3 is 4.90 Å². The molecule has 0 aliphatic carbocycles. The first kappa shape index (κ1) is 21.6. The number of nitrogens with zero attached hydrogens (tertiary/aromatic N) is 3. The summed E-state index contributed by atoms with van der Waals surface area (Å²) in [5, 5.41) is 10.9. The number of hydrogen-bond acceptors (Lipinski definition) is 6. The molecule has 27 heavy (non-hydrogen) atoms. The van der Waals surface area contributed by atoms with Crippen molar-refractivity contribution in [3.05, 3.63) is 34.4 Å². The average molecular weight is 399 g/mol. The highest BCUT2D eigenvalue weighted by Gasteiger charge is 2.18. The zero-order valence-corrected chi connectivity index (χ0v) is 17.0. The van der Waals surface area contributed by atoms with Crippen LogP contribution in [-0.4, -0.2) is 63.3 Å². The summed E-state index contributed by atoms with van der Waals surface area (Å²) in [6.07, 6.45) is 1.77. The lowest BCUT2D eigenvalue weighted by molar-refractivity contribution is -0.384. The van der Waals surface area contributed by atoms with Crippen molar-refractivity contribution in [2.45, 2.75) is 26.7 Å². The molecule has 0 saturated carbocycles. The van der Waals surface area contributed by atoms with Gasteiger partial charge in [0, 0.05) is 50.5 Å². The van der Waals surface area contributed by atoms with E-state index < -0.39 is 10.0 Å². The fraction of sp³-hybridized carbons (Fsp3) is 0.667. The van der Waals surface area contributed by atoms with Gasteiger partial charge in [0.05, 0.1) is 10.7 Å². The van der Waals surface area contributed by atoms with Crippen molar-refractivity contribution < 1.29 is 13.3 Å². The molecular weight excluding hydrogens is 368 g/mol. The molecule has 2 rings (SSSR count). The highest BCUT2D eigenvalue weighted by atomic mass is 32.2. The first-order chi connectivity index (χ1) is 12.8. The van der Waals surface area contributed by atoms with Crippen LogP contribution in [0, 0.1) is 16.0 Å². The van der Waals surface area contributed by atoms with Crippen LogP contribution in [0.3, 0.4) is 0 Å². The minimum Gasteiger partial charge on any atom is -0.369 e. The second-order valence-corrected chi connectivity index (χ2v) is 9.23. The summed E-state index contributed by atoms with van der Waals surface area (Å²) in [5.74, 6) is 0.303. The van der Waals surface area contributed by atoms with E-state index >= 15 is 0 Å². The lowest BCUT2D eigenvalue weighted by atomic mass is 10.2. The van der Waals surface area contributed by atoms with E-state index in [0.717, 1.165) is 51.3 Å². The van der Waals surface area contributed by atoms with Crippen molar-refractivity contribution in [3.63, 3.8) is 0 Å². The summed E-state index contributed by atoms with van der Waals surface area (Å²) in [6, 6.07) is 6.76. The zero-order chi connectivity index (χ0) is 19.9. The molecule has 0 amide bonds. The monoisotopic (exact) mass is 398 g/mol. The van der Waals surface area contributed by atoms with Crippen LogP contribution in [0.15, 0.2) is 24.3 Å². The average Bonchev–Trinajstić information content (AvgIpc) is 2.61. The molecule has 152 valence electrons. The third kappa shape index (κ3) is 7.43. The van der Waals surface area contributed by atoms with Crippen LogP contribution in [-0.2, 0) is 10.0 Å². The number of anilines is 1. The Labute approximate surface area is 161 Å². The fourth-order valence-corrected chi connectivity index (χ4v) is 4.67. The second kappa shape index (κ2) is 10.0. The van der Waals surface area contributed by atoms with Crippen molar-refractivity contribution in [2.75, 3.05) is 49.9 Å². The molecule has 1 saturated heterocycles. The maximum atomic E-state index is 11.8. The van der Waals surface area contributed by atoms with Crippen LogP contribution in [0.25, 0.3) is 0 Å². The van der Waals surface area contributed by atoms with Crippen LogP contribution in [0.1, 0.15) is 26.7 Å². The molecule has 1 heterocycles. The Morgan fingerprint density at radius 3 is 2.52 bits per heavy atom. The van der Waals surface area contributed by atoms with Gasteiger partial charge in [0.2, 0.25) is 10.0 Å². The second-order valence-electron chi connectivity index (χ2n) is 7.38. The van der Waals surface area contributed by atoms with E-state index in [9.17, 15) is 18.5 Å². The van der Waals surface area contributed by atoms with Gasteiger partial charge >= 0.3 is 0 Å². The largest absolute Gasteiger partial charge is 0.369 e. The molecule has 0 atom stereocenters. The predicted octanol–water partition coefficient (Wildman–Crippen LogP) is 2.07. The molecule has 1 N–H and O–H groups in total. The smallest absolute Gasteiger partial charge is 0.271 e. The Kier molecular flexibility index (Phi) is 8.00. The molecule has 1 aliphatic rings. The van der Waals surface area contributed by atoms with Crippen molar-refractivity contribution in [3.8, 4) is 0 Å². The maximum absolute atomic E-state index is 11.8. The van der Waals surface area contributed by atoms with Gasteiger partial charge in [-0.3, -0.25) is 15.0 Å². The summed E-state index contributed by atoms with van der Waals surface area (Å²) in [6.45, 7) is 8.70. The van der Waals surface area contributed by atoms with E-state index in [1.165, 1.54) is 6.07 Å². The molecule has 1 aromatic carbocycles. The molecule has 0 unspecified atom stereocenters. The van der Waals surface area contributed by atoms with E-state index in [2.05, 4.69) is 14.5 Å². The Morgan fingerprint density at radius 1 is 1.19 bits per heavy atom. The van der Waals surface area contributed by atoms with Gasteiger partial charge in [-0.25, -0.2) is 13.1 Å². The Balaban J connectivity index is 1.66. The van der Waals surface area contributed by atoms with Gasteiger partial charge in [0.25, 0.3) is 5.69 Å². The van der Waals surface area contributed by atoms with E-state index in [0.29, 0.717) is 6.54 Å². The van der Waals surface area contributed by atoms with Crippen molar-refractivity contribution >= 4 is 21.4 Å². The number of nitrogens with one attached hydrogen (secondary N) is 1. The molecule has 0 radical (unpaired) electrons. The summed E-state index contributed by atoms with van der Waals surface area (Å²) in [4.78, 5) is 15.1. The topological polar surface area (TPSA) is 95.8 Å². The number of benzene rings is 1. The highest BCUT2D eigenvalue weighted by Crippen LogP contribution is 2.22. The minimum atomic E-state index is -3.15. The van der Waals surface area contributed by atoms with Crippen molar-refractivity contribution in [2.24, 2.45) is 5.92 Å². The van der Waals surface area contributed by atoms with E-state index in [1.807, 2.05) is 19.9 Å². The molecular formula is C18H30N4O4S. The number of unbranched alkanes of at least 4 members (excludes halogenated alkanes) is 1. The molecule has 8 nitrogen and oxygen atoms in total. The molecule has 1 aromatic rings. The molecule has 1 aliphatic heterocycles. The van der Waals surface area contributed by atoms with E-state index in [-0.39, 0.29) is 22.3 Å². The third-order valence-electron chi connectivity index (χ3n) is 4.55. The number of rotatable bonds is 10. The summed E-state index contributed by atoms with van der Waals surface area (Å²) >= 11 is 0. The number of nitro groups is 1. The van der Waals surface area contributed by atoms with Crippen LogP contribution >= 0.6 is 0 Å². The van der Waals surface area contributed by atoms with Gasteiger partial charge in [-0.05, 0) is 31.4 Å². The number of piperazine rings is 1. The van der Waals surface area contributed by atoms with Gasteiger partial charge in [0.15, 0.2) is 0 Å². The van der Waals surface area contributed by atoms with Gasteiger partial charge in [-0.15, -0.1) is 0 Å². The van der Waals surface area contributed by atoms with E-state index in [4.69, 9.17) is 0 Å². The van der Waals surface area contributed by atoms with Gasteiger partial charge in [-0.2, -0.15) is 0 Å².